The molecule has 2 N–H and O–H groups in total. The van der Waals surface area contributed by atoms with Gasteiger partial charge >= 0.3 is 6.03 Å². The fourth-order valence-electron chi connectivity index (χ4n) is 2.90. The van der Waals surface area contributed by atoms with Gasteiger partial charge in [0.1, 0.15) is 0 Å². The molecule has 2 amide bonds. The zero-order valence-electron chi connectivity index (χ0n) is 13.6. The number of carbonyl (C=O) groups is 1. The molecule has 0 spiro atoms. The van der Waals surface area contributed by atoms with Crippen molar-refractivity contribution in [1.82, 2.24) is 9.55 Å². The maximum Gasteiger partial charge on any atom is 0.323 e. The van der Waals surface area contributed by atoms with E-state index in [1.165, 1.54) is 22.2 Å². The van der Waals surface area contributed by atoms with Crippen molar-refractivity contribution >= 4 is 28.3 Å². The van der Waals surface area contributed by atoms with Gasteiger partial charge in [0.2, 0.25) is 0 Å². The number of hydrogen-bond acceptors (Lipinski definition) is 2. The van der Waals surface area contributed by atoms with Crippen LogP contribution in [-0.4, -0.2) is 15.6 Å². The molecule has 5 nitrogen and oxygen atoms in total. The number of anilines is 2. The Balaban J connectivity index is 1.85. The van der Waals surface area contributed by atoms with Crippen LogP contribution in [-0.2, 0) is 13.5 Å². The minimum atomic E-state index is -0.263. The van der Waals surface area contributed by atoms with Crippen LogP contribution in [0.3, 0.4) is 0 Å². The van der Waals surface area contributed by atoms with Crippen molar-refractivity contribution < 1.29 is 4.79 Å². The summed E-state index contributed by atoms with van der Waals surface area (Å²) in [5, 5.41) is 6.86. The van der Waals surface area contributed by atoms with Crippen LogP contribution in [0.4, 0.5) is 16.2 Å². The Morgan fingerprint density at radius 1 is 1.13 bits per heavy atom. The van der Waals surface area contributed by atoms with Crippen LogP contribution in [0.5, 0.6) is 0 Å². The van der Waals surface area contributed by atoms with E-state index in [4.69, 9.17) is 0 Å². The van der Waals surface area contributed by atoms with Crippen molar-refractivity contribution in [2.24, 2.45) is 7.05 Å². The second-order valence-corrected chi connectivity index (χ2v) is 5.52. The van der Waals surface area contributed by atoms with Crippen LogP contribution in [0.1, 0.15) is 18.2 Å². The molecule has 0 bridgehead atoms. The lowest BCUT2D eigenvalue weighted by molar-refractivity contribution is 0.262. The first-order valence-corrected chi connectivity index (χ1v) is 7.66. The van der Waals surface area contributed by atoms with Gasteiger partial charge in [-0.15, -0.1) is 0 Å². The zero-order chi connectivity index (χ0) is 16.4. The van der Waals surface area contributed by atoms with Gasteiger partial charge in [-0.25, -0.2) is 4.79 Å². The molecule has 1 aromatic carbocycles. The molecule has 3 aromatic rings. The van der Waals surface area contributed by atoms with E-state index in [9.17, 15) is 4.79 Å². The molecule has 0 saturated heterocycles. The number of aryl methyl sites for hydroxylation is 2. The molecule has 118 valence electrons. The quantitative estimate of drug-likeness (QED) is 0.765. The first kappa shape index (κ1) is 15.1. The predicted octanol–water partition coefficient (Wildman–Crippen LogP) is 4.09. The molecular weight excluding hydrogens is 288 g/mol. The van der Waals surface area contributed by atoms with E-state index >= 15 is 0 Å². The molecule has 0 unspecified atom stereocenters. The number of carbonyl (C=O) groups excluding carboxylic acids is 1. The molecule has 0 aliphatic heterocycles. The molecule has 5 heteroatoms. The van der Waals surface area contributed by atoms with Gasteiger partial charge in [-0.2, -0.15) is 0 Å². The number of nitrogens with one attached hydrogen (secondary N) is 2. The number of pyridine rings is 1. The lowest BCUT2D eigenvalue weighted by Crippen LogP contribution is -2.19. The topological polar surface area (TPSA) is 59.0 Å². The summed E-state index contributed by atoms with van der Waals surface area (Å²) in [5.41, 5.74) is 5.26. The summed E-state index contributed by atoms with van der Waals surface area (Å²) in [4.78, 5) is 16.0. The van der Waals surface area contributed by atoms with Gasteiger partial charge in [0.25, 0.3) is 0 Å². The number of hydrogen-bond donors (Lipinski definition) is 2. The van der Waals surface area contributed by atoms with Crippen LogP contribution in [0.15, 0.2) is 42.7 Å². The van der Waals surface area contributed by atoms with E-state index in [1.54, 1.807) is 24.5 Å². The summed E-state index contributed by atoms with van der Waals surface area (Å²) in [6.07, 6.45) is 4.25. The third-order valence-corrected chi connectivity index (χ3v) is 4.17. The van der Waals surface area contributed by atoms with Crippen molar-refractivity contribution in [3.63, 3.8) is 0 Å². The molecule has 0 aliphatic carbocycles. The molecule has 23 heavy (non-hydrogen) atoms. The molecule has 0 fully saturated rings. The molecule has 3 rings (SSSR count). The van der Waals surface area contributed by atoms with E-state index in [-0.39, 0.29) is 6.03 Å². The standard InChI is InChI=1S/C18H20N4O/c1-4-15-12(2)22(3)17-6-5-14(11-16(15)17)21-18(23)20-13-7-9-19-10-8-13/h5-11H,4H2,1-3H3,(H2,19,20,21,23). The van der Waals surface area contributed by atoms with Gasteiger partial charge in [0.05, 0.1) is 0 Å². The zero-order valence-corrected chi connectivity index (χ0v) is 13.6. The Labute approximate surface area is 135 Å². The van der Waals surface area contributed by atoms with E-state index < -0.39 is 0 Å². The number of nitrogens with zero attached hydrogens (tertiary/aromatic N) is 2. The summed E-state index contributed by atoms with van der Waals surface area (Å²) in [7, 11) is 2.07. The number of amides is 2. The Hall–Kier alpha value is -2.82. The van der Waals surface area contributed by atoms with Crippen LogP contribution in [0.2, 0.25) is 0 Å². The second-order valence-electron chi connectivity index (χ2n) is 5.52. The largest absolute Gasteiger partial charge is 0.348 e. The highest BCUT2D eigenvalue weighted by Gasteiger charge is 2.11. The molecule has 0 aliphatic rings. The maximum absolute atomic E-state index is 12.1. The Bertz CT molecular complexity index is 852. The van der Waals surface area contributed by atoms with Crippen LogP contribution >= 0.6 is 0 Å². The van der Waals surface area contributed by atoms with Crippen molar-refractivity contribution in [2.45, 2.75) is 20.3 Å². The van der Waals surface area contributed by atoms with Crippen molar-refractivity contribution in [1.29, 1.82) is 0 Å². The first-order valence-electron chi connectivity index (χ1n) is 7.66. The highest BCUT2D eigenvalue weighted by atomic mass is 16.2. The first-order chi connectivity index (χ1) is 11.1. The summed E-state index contributed by atoms with van der Waals surface area (Å²) < 4.78 is 2.19. The van der Waals surface area contributed by atoms with Crippen LogP contribution in [0.25, 0.3) is 10.9 Å². The highest BCUT2D eigenvalue weighted by molar-refractivity contribution is 6.01. The summed E-state index contributed by atoms with van der Waals surface area (Å²) in [5.74, 6) is 0. The Morgan fingerprint density at radius 2 is 1.83 bits per heavy atom. The van der Waals surface area contributed by atoms with Crippen molar-refractivity contribution in [3.8, 4) is 0 Å². The molecule has 2 heterocycles. The lowest BCUT2D eigenvalue weighted by atomic mass is 10.1. The second kappa shape index (κ2) is 6.12. The number of rotatable bonds is 3. The van der Waals surface area contributed by atoms with Gasteiger partial charge in [-0.05, 0) is 49.2 Å². The predicted molar refractivity (Wildman–Crippen MR) is 93.9 cm³/mol. The van der Waals surface area contributed by atoms with Gasteiger partial charge < -0.3 is 15.2 Å². The summed E-state index contributed by atoms with van der Waals surface area (Å²) in [6, 6.07) is 9.24. The normalized spacial score (nSPS) is 10.7. The average Bonchev–Trinajstić information content (AvgIpc) is 2.79. The van der Waals surface area contributed by atoms with Gasteiger partial charge in [0.15, 0.2) is 0 Å². The minimum Gasteiger partial charge on any atom is -0.348 e. The lowest BCUT2D eigenvalue weighted by Gasteiger charge is -2.08. The van der Waals surface area contributed by atoms with Crippen LogP contribution < -0.4 is 10.6 Å². The van der Waals surface area contributed by atoms with E-state index in [1.807, 2.05) is 18.2 Å². The van der Waals surface area contributed by atoms with E-state index in [0.29, 0.717) is 5.69 Å². The number of urea groups is 1. The van der Waals surface area contributed by atoms with E-state index in [0.717, 1.165) is 12.1 Å². The number of aromatic nitrogens is 2. The third kappa shape index (κ3) is 2.90. The Kier molecular flexibility index (Phi) is 4.02. The summed E-state index contributed by atoms with van der Waals surface area (Å²) >= 11 is 0. The highest BCUT2D eigenvalue weighted by Crippen LogP contribution is 2.28. The van der Waals surface area contributed by atoms with Gasteiger partial charge in [0, 0.05) is 47.4 Å². The molecule has 0 radical (unpaired) electrons. The van der Waals surface area contributed by atoms with Crippen molar-refractivity contribution in [3.05, 3.63) is 54.0 Å². The van der Waals surface area contributed by atoms with Crippen molar-refractivity contribution in [2.75, 3.05) is 10.6 Å². The Morgan fingerprint density at radius 3 is 2.52 bits per heavy atom. The number of fused-ring (bicyclic) bond motifs is 1. The molecule has 0 atom stereocenters. The maximum atomic E-state index is 12.1. The minimum absolute atomic E-state index is 0.263. The van der Waals surface area contributed by atoms with Crippen LogP contribution in [0, 0.1) is 6.92 Å². The molecule has 0 saturated carbocycles. The molecular formula is C18H20N4O. The third-order valence-electron chi connectivity index (χ3n) is 4.17. The number of benzene rings is 1. The van der Waals surface area contributed by atoms with E-state index in [2.05, 4.69) is 41.1 Å². The monoisotopic (exact) mass is 308 g/mol. The smallest absolute Gasteiger partial charge is 0.323 e. The fraction of sp³-hybridized carbons (Fsp3) is 0.222. The SMILES string of the molecule is CCc1c(C)n(C)c2ccc(NC(=O)Nc3ccncc3)cc12. The fourth-order valence-corrected chi connectivity index (χ4v) is 2.90. The van der Waals surface area contributed by atoms with Gasteiger partial charge in [-0.3, -0.25) is 4.98 Å². The molecule has 2 aromatic heterocycles. The summed E-state index contributed by atoms with van der Waals surface area (Å²) in [6.45, 7) is 4.28. The average molecular weight is 308 g/mol. The van der Waals surface area contributed by atoms with Gasteiger partial charge in [-0.1, -0.05) is 6.92 Å².